The van der Waals surface area contributed by atoms with E-state index in [1.54, 1.807) is 39.0 Å². The van der Waals surface area contributed by atoms with Gasteiger partial charge in [-0.25, -0.2) is 17.5 Å². The van der Waals surface area contributed by atoms with Crippen molar-refractivity contribution < 1.29 is 36.7 Å². The molecule has 11 heteroatoms. The molecule has 0 aliphatic heterocycles. The van der Waals surface area contributed by atoms with Crippen molar-refractivity contribution in [3.63, 3.8) is 0 Å². The highest BCUT2D eigenvalue weighted by molar-refractivity contribution is 7.93. The molecule has 0 radical (unpaired) electrons. The van der Waals surface area contributed by atoms with Crippen LogP contribution in [0.1, 0.15) is 39.0 Å². The lowest BCUT2D eigenvalue weighted by atomic mass is 9.98. The summed E-state index contributed by atoms with van der Waals surface area (Å²) in [6, 6.07) is 10.6. The average molecular weight is 517 g/mol. The maximum absolute atomic E-state index is 14.0. The van der Waals surface area contributed by atoms with Crippen LogP contribution in [0, 0.1) is 13.8 Å². The van der Waals surface area contributed by atoms with Crippen molar-refractivity contribution in [2.75, 3.05) is 38.0 Å². The van der Waals surface area contributed by atoms with E-state index in [4.69, 9.17) is 18.7 Å². The van der Waals surface area contributed by atoms with Crippen molar-refractivity contribution in [1.29, 1.82) is 0 Å². The number of anilines is 1. The molecule has 36 heavy (non-hydrogen) atoms. The summed E-state index contributed by atoms with van der Waals surface area (Å²) in [6.45, 7) is 5.33. The number of methoxy groups -OCH3 is 1. The summed E-state index contributed by atoms with van der Waals surface area (Å²) >= 11 is 0. The molecule has 3 aromatic rings. The SMILES string of the molecule is CCOC(=O)c1ccc(-c2ccccc2S(=O)(=O)N(COCCOC)c2noc(C)c2C)c(C=O)c1. The van der Waals surface area contributed by atoms with Gasteiger partial charge in [-0.05, 0) is 44.5 Å². The van der Waals surface area contributed by atoms with Crippen molar-refractivity contribution in [1.82, 2.24) is 5.16 Å². The van der Waals surface area contributed by atoms with E-state index in [-0.39, 0.29) is 54.0 Å². The Balaban J connectivity index is 2.12. The monoisotopic (exact) mass is 516 g/mol. The summed E-state index contributed by atoms with van der Waals surface area (Å²) in [4.78, 5) is 24.0. The highest BCUT2D eigenvalue weighted by Gasteiger charge is 2.32. The van der Waals surface area contributed by atoms with Gasteiger partial charge in [0.15, 0.2) is 12.1 Å². The first-order valence-electron chi connectivity index (χ1n) is 11.1. The minimum Gasteiger partial charge on any atom is -0.462 e. The number of benzene rings is 2. The minimum absolute atomic E-state index is 0.0765. The number of hydrogen-bond donors (Lipinski definition) is 0. The molecule has 0 bridgehead atoms. The van der Waals surface area contributed by atoms with Gasteiger partial charge in [0.05, 0.1) is 30.3 Å². The number of nitrogens with zero attached hydrogens (tertiary/aromatic N) is 2. The zero-order chi connectivity index (χ0) is 26.3. The highest BCUT2D eigenvalue weighted by atomic mass is 32.2. The molecule has 0 saturated heterocycles. The molecule has 0 aliphatic rings. The zero-order valence-corrected chi connectivity index (χ0v) is 21.3. The third kappa shape index (κ3) is 5.64. The third-order valence-corrected chi connectivity index (χ3v) is 7.21. The minimum atomic E-state index is -4.25. The standard InChI is InChI=1S/C25H28N2O8S/c1-5-34-25(29)19-10-11-21(20(14-19)15-28)22-8-6-7-9-23(22)36(30,31)27(16-33-13-12-32-4)24-17(2)18(3)35-26-24/h6-11,14-15H,5,12-13,16H2,1-4H3. The molecule has 2 aromatic carbocycles. The predicted molar refractivity (Wildman–Crippen MR) is 132 cm³/mol. The number of esters is 1. The maximum Gasteiger partial charge on any atom is 0.338 e. The fourth-order valence-corrected chi connectivity index (χ4v) is 5.01. The first-order chi connectivity index (χ1) is 17.3. The van der Waals surface area contributed by atoms with E-state index in [9.17, 15) is 18.0 Å². The van der Waals surface area contributed by atoms with Crippen molar-refractivity contribution in [2.45, 2.75) is 25.7 Å². The molecule has 10 nitrogen and oxygen atoms in total. The van der Waals surface area contributed by atoms with Gasteiger partial charge in [-0.15, -0.1) is 0 Å². The van der Waals surface area contributed by atoms with E-state index < -0.39 is 16.0 Å². The topological polar surface area (TPSA) is 125 Å². The molecule has 3 rings (SSSR count). The summed E-state index contributed by atoms with van der Waals surface area (Å²) < 4.78 is 49.7. The lowest BCUT2D eigenvalue weighted by Crippen LogP contribution is -2.35. The van der Waals surface area contributed by atoms with E-state index in [2.05, 4.69) is 5.16 Å². The molecule has 0 fully saturated rings. The summed E-state index contributed by atoms with van der Waals surface area (Å²) in [7, 11) is -2.74. The number of carbonyl (C=O) groups is 2. The number of rotatable bonds is 12. The van der Waals surface area contributed by atoms with Crippen LogP contribution in [0.5, 0.6) is 0 Å². The number of carbonyl (C=O) groups excluding carboxylic acids is 2. The van der Waals surface area contributed by atoms with E-state index >= 15 is 0 Å². The van der Waals surface area contributed by atoms with Gasteiger partial charge in [-0.3, -0.25) is 4.79 Å². The molecule has 0 spiro atoms. The Morgan fingerprint density at radius 1 is 1.11 bits per heavy atom. The van der Waals surface area contributed by atoms with Gasteiger partial charge in [0.1, 0.15) is 12.5 Å². The van der Waals surface area contributed by atoms with Crippen LogP contribution in [-0.4, -0.2) is 59.5 Å². The number of aldehydes is 1. The zero-order valence-electron chi connectivity index (χ0n) is 20.5. The second kappa shape index (κ2) is 11.9. The third-order valence-electron chi connectivity index (χ3n) is 5.44. The van der Waals surface area contributed by atoms with Gasteiger partial charge in [-0.2, -0.15) is 0 Å². The average Bonchev–Trinajstić information content (AvgIpc) is 3.21. The summed E-state index contributed by atoms with van der Waals surface area (Å²) in [5.74, 6) is -0.0227. The van der Waals surface area contributed by atoms with Gasteiger partial charge in [0, 0.05) is 23.8 Å². The largest absolute Gasteiger partial charge is 0.462 e. The summed E-state index contributed by atoms with van der Waals surface area (Å²) in [6.07, 6.45) is 0.568. The van der Waals surface area contributed by atoms with Gasteiger partial charge in [0.2, 0.25) is 0 Å². The first-order valence-corrected chi connectivity index (χ1v) is 12.6. The van der Waals surface area contributed by atoms with Crippen molar-refractivity contribution in [3.05, 3.63) is 64.9 Å². The van der Waals surface area contributed by atoms with Crippen LogP contribution in [0.15, 0.2) is 51.9 Å². The molecule has 0 amide bonds. The number of aromatic nitrogens is 1. The fourth-order valence-electron chi connectivity index (χ4n) is 3.45. The second-order valence-electron chi connectivity index (χ2n) is 7.71. The number of ether oxygens (including phenoxy) is 3. The number of sulfonamides is 1. The second-order valence-corrected chi connectivity index (χ2v) is 9.54. The molecule has 192 valence electrons. The van der Waals surface area contributed by atoms with Crippen molar-refractivity contribution in [2.24, 2.45) is 0 Å². The van der Waals surface area contributed by atoms with E-state index in [0.717, 1.165) is 4.31 Å². The molecule has 0 saturated carbocycles. The van der Waals surface area contributed by atoms with Gasteiger partial charge < -0.3 is 18.7 Å². The Hall–Kier alpha value is -3.54. The molecule has 0 atom stereocenters. The Labute approximate surface area is 209 Å². The Bertz CT molecular complexity index is 1330. The molecule has 0 aliphatic carbocycles. The number of hydrogen-bond acceptors (Lipinski definition) is 9. The Kier molecular flexibility index (Phi) is 8.97. The molecular formula is C25H28N2O8S. The van der Waals surface area contributed by atoms with Crippen LogP contribution in [0.4, 0.5) is 5.82 Å². The smallest absolute Gasteiger partial charge is 0.338 e. The van der Waals surface area contributed by atoms with Crippen LogP contribution in [0.2, 0.25) is 0 Å². The lowest BCUT2D eigenvalue weighted by molar-refractivity contribution is 0.0526. The van der Waals surface area contributed by atoms with Crippen LogP contribution in [0.25, 0.3) is 11.1 Å². The molecule has 1 aromatic heterocycles. The van der Waals surface area contributed by atoms with Gasteiger partial charge >= 0.3 is 5.97 Å². The van der Waals surface area contributed by atoms with Crippen LogP contribution >= 0.6 is 0 Å². The van der Waals surface area contributed by atoms with Crippen LogP contribution in [-0.2, 0) is 24.2 Å². The van der Waals surface area contributed by atoms with Crippen LogP contribution < -0.4 is 4.31 Å². The fraction of sp³-hybridized carbons (Fsp3) is 0.320. The molecule has 0 unspecified atom stereocenters. The first kappa shape index (κ1) is 27.1. The van der Waals surface area contributed by atoms with Gasteiger partial charge in [-0.1, -0.05) is 29.4 Å². The summed E-state index contributed by atoms with van der Waals surface area (Å²) in [5.41, 5.74) is 1.48. The van der Waals surface area contributed by atoms with Crippen molar-refractivity contribution in [3.8, 4) is 11.1 Å². The molecule has 0 N–H and O–H groups in total. The molecule has 1 heterocycles. The highest BCUT2D eigenvalue weighted by Crippen LogP contribution is 2.34. The van der Waals surface area contributed by atoms with E-state index in [1.165, 1.54) is 31.4 Å². The summed E-state index contributed by atoms with van der Waals surface area (Å²) in [5, 5.41) is 3.94. The van der Waals surface area contributed by atoms with E-state index in [0.29, 0.717) is 23.2 Å². The van der Waals surface area contributed by atoms with Crippen molar-refractivity contribution >= 4 is 28.1 Å². The Morgan fingerprint density at radius 2 is 1.86 bits per heavy atom. The lowest BCUT2D eigenvalue weighted by Gasteiger charge is -2.24. The van der Waals surface area contributed by atoms with E-state index in [1.807, 2.05) is 0 Å². The maximum atomic E-state index is 14.0. The normalized spacial score (nSPS) is 11.3. The number of aryl methyl sites for hydroxylation is 1. The molecular weight excluding hydrogens is 488 g/mol. The quantitative estimate of drug-likeness (QED) is 0.153. The van der Waals surface area contributed by atoms with Crippen LogP contribution in [0.3, 0.4) is 0 Å². The Morgan fingerprint density at radius 3 is 2.50 bits per heavy atom. The van der Waals surface area contributed by atoms with Gasteiger partial charge in [0.25, 0.3) is 10.0 Å². The predicted octanol–water partition coefficient (Wildman–Crippen LogP) is 3.76.